The molecule has 15 heavy (non-hydrogen) atoms. The predicted octanol–water partition coefficient (Wildman–Crippen LogP) is 1.78. The summed E-state index contributed by atoms with van der Waals surface area (Å²) in [5, 5.41) is 12.6. The summed E-state index contributed by atoms with van der Waals surface area (Å²) in [5.41, 5.74) is 1.41. The van der Waals surface area contributed by atoms with Crippen LogP contribution in [0.3, 0.4) is 0 Å². The molecular weight excluding hydrogens is 194 g/mol. The van der Waals surface area contributed by atoms with Crippen LogP contribution < -0.4 is 0 Å². The van der Waals surface area contributed by atoms with Crippen molar-refractivity contribution < 1.29 is 14.4 Å². The average Bonchev–Trinajstić information content (AvgIpc) is 2.69. The van der Waals surface area contributed by atoms with Crippen LogP contribution in [0.15, 0.2) is 35.0 Å². The first-order chi connectivity index (χ1) is 7.29. The summed E-state index contributed by atoms with van der Waals surface area (Å²) < 4.78 is 4.95. The Balaban J connectivity index is 2.21. The second-order valence-corrected chi connectivity index (χ2v) is 3.17. The Bertz CT molecular complexity index is 459. The molecule has 1 N–H and O–H groups in total. The fourth-order valence-corrected chi connectivity index (χ4v) is 1.30. The lowest BCUT2D eigenvalue weighted by Gasteiger charge is -1.98. The molecule has 0 fully saturated rings. The Labute approximate surface area is 86.1 Å². The highest BCUT2D eigenvalue weighted by molar-refractivity contribution is 5.75. The van der Waals surface area contributed by atoms with E-state index in [0.29, 0.717) is 24.0 Å². The predicted molar refractivity (Wildman–Crippen MR) is 52.8 cm³/mol. The molecule has 76 valence electrons. The lowest BCUT2D eigenvalue weighted by molar-refractivity contribution is 0.112. The maximum atomic E-state index is 10.6. The molecule has 0 saturated carbocycles. The number of hydrogen-bond donors (Lipinski definition) is 1. The summed E-state index contributed by atoms with van der Waals surface area (Å²) >= 11 is 0. The summed E-state index contributed by atoms with van der Waals surface area (Å²) in [6, 6.07) is 6.72. The summed E-state index contributed by atoms with van der Waals surface area (Å²) in [5.74, 6) is 0.752. The number of benzene rings is 1. The second-order valence-electron chi connectivity index (χ2n) is 3.17. The zero-order valence-corrected chi connectivity index (χ0v) is 7.88. The molecule has 0 aliphatic carbocycles. The fraction of sp³-hybridized carbons (Fsp3) is 0.0909. The molecule has 4 nitrogen and oxygen atoms in total. The Hall–Kier alpha value is -2.10. The van der Waals surface area contributed by atoms with Crippen molar-refractivity contribution in [2.75, 3.05) is 0 Å². The monoisotopic (exact) mass is 203 g/mol. The molecule has 0 unspecified atom stereocenters. The van der Waals surface area contributed by atoms with Crippen LogP contribution in [-0.2, 0) is 6.42 Å². The van der Waals surface area contributed by atoms with E-state index < -0.39 is 0 Å². The van der Waals surface area contributed by atoms with Gasteiger partial charge >= 0.3 is 0 Å². The largest absolute Gasteiger partial charge is 0.508 e. The number of rotatable bonds is 3. The molecule has 0 aliphatic rings. The number of aromatic hydroxyl groups is 1. The summed E-state index contributed by atoms with van der Waals surface area (Å²) in [7, 11) is 0. The minimum absolute atomic E-state index is 0.215. The number of carbonyl (C=O) groups excluding carboxylic acids is 1. The van der Waals surface area contributed by atoms with E-state index in [1.165, 1.54) is 6.20 Å². The molecule has 2 aromatic rings. The van der Waals surface area contributed by atoms with Gasteiger partial charge in [0.25, 0.3) is 0 Å². The number of phenols is 1. The molecule has 1 heterocycles. The van der Waals surface area contributed by atoms with Gasteiger partial charge in [-0.25, -0.2) is 0 Å². The Morgan fingerprint density at radius 3 is 2.73 bits per heavy atom. The van der Waals surface area contributed by atoms with Crippen molar-refractivity contribution in [3.05, 3.63) is 47.3 Å². The van der Waals surface area contributed by atoms with E-state index in [1.807, 2.05) is 0 Å². The van der Waals surface area contributed by atoms with Gasteiger partial charge in [-0.15, -0.1) is 0 Å². The molecule has 0 bridgehead atoms. The van der Waals surface area contributed by atoms with Crippen molar-refractivity contribution in [2.24, 2.45) is 0 Å². The Kier molecular flexibility index (Phi) is 2.49. The second kappa shape index (κ2) is 3.96. The van der Waals surface area contributed by atoms with Gasteiger partial charge in [-0.3, -0.25) is 4.79 Å². The molecule has 0 atom stereocenters. The van der Waals surface area contributed by atoms with E-state index in [4.69, 9.17) is 9.63 Å². The normalized spacial score (nSPS) is 10.1. The average molecular weight is 203 g/mol. The number of aromatic nitrogens is 1. The number of hydrogen-bond acceptors (Lipinski definition) is 4. The molecule has 0 saturated heterocycles. The van der Waals surface area contributed by atoms with Crippen LogP contribution in [0, 0.1) is 0 Å². The third-order valence-corrected chi connectivity index (χ3v) is 2.10. The molecule has 1 aromatic carbocycles. The van der Waals surface area contributed by atoms with Crippen molar-refractivity contribution in [1.82, 2.24) is 5.16 Å². The van der Waals surface area contributed by atoms with Gasteiger partial charge in [0, 0.05) is 6.42 Å². The first-order valence-corrected chi connectivity index (χ1v) is 4.46. The molecule has 0 spiro atoms. The van der Waals surface area contributed by atoms with E-state index >= 15 is 0 Å². The maximum Gasteiger partial charge on any atom is 0.155 e. The van der Waals surface area contributed by atoms with Crippen LogP contribution in [0.25, 0.3) is 0 Å². The third kappa shape index (κ3) is 2.04. The number of nitrogens with zero attached hydrogens (tertiary/aromatic N) is 1. The number of carbonyl (C=O) groups is 1. The van der Waals surface area contributed by atoms with Gasteiger partial charge in [-0.1, -0.05) is 17.3 Å². The van der Waals surface area contributed by atoms with Crippen LogP contribution in [-0.4, -0.2) is 16.5 Å². The summed E-state index contributed by atoms with van der Waals surface area (Å²) in [6.45, 7) is 0. The topological polar surface area (TPSA) is 63.3 Å². The van der Waals surface area contributed by atoms with Crippen LogP contribution in [0.1, 0.15) is 21.7 Å². The van der Waals surface area contributed by atoms with Crippen molar-refractivity contribution >= 4 is 6.29 Å². The third-order valence-electron chi connectivity index (χ3n) is 2.10. The lowest BCUT2D eigenvalue weighted by Crippen LogP contribution is -1.89. The minimum Gasteiger partial charge on any atom is -0.508 e. The molecule has 2 rings (SSSR count). The highest BCUT2D eigenvalue weighted by Crippen LogP contribution is 2.15. The SMILES string of the molecule is O=Cc1cnoc1Cc1ccc(O)cc1. The van der Waals surface area contributed by atoms with E-state index in [9.17, 15) is 4.79 Å². The van der Waals surface area contributed by atoms with Gasteiger partial charge in [-0.2, -0.15) is 0 Å². The molecule has 4 heteroatoms. The zero-order valence-electron chi connectivity index (χ0n) is 7.88. The van der Waals surface area contributed by atoms with E-state index in [1.54, 1.807) is 24.3 Å². The zero-order chi connectivity index (χ0) is 10.7. The highest BCUT2D eigenvalue weighted by Gasteiger charge is 2.07. The van der Waals surface area contributed by atoms with Crippen molar-refractivity contribution in [2.45, 2.75) is 6.42 Å². The van der Waals surface area contributed by atoms with E-state index in [-0.39, 0.29) is 5.75 Å². The Morgan fingerprint density at radius 1 is 1.33 bits per heavy atom. The van der Waals surface area contributed by atoms with Crippen LogP contribution in [0.4, 0.5) is 0 Å². The fourth-order valence-electron chi connectivity index (χ4n) is 1.30. The first-order valence-electron chi connectivity index (χ1n) is 4.46. The maximum absolute atomic E-state index is 10.6. The summed E-state index contributed by atoms with van der Waals surface area (Å²) in [6.07, 6.45) is 2.60. The molecular formula is C11H9NO3. The molecule has 0 radical (unpaired) electrons. The van der Waals surface area contributed by atoms with Crippen molar-refractivity contribution in [1.29, 1.82) is 0 Å². The smallest absolute Gasteiger partial charge is 0.155 e. The van der Waals surface area contributed by atoms with E-state index in [0.717, 1.165) is 5.56 Å². The van der Waals surface area contributed by atoms with Gasteiger partial charge in [0.1, 0.15) is 5.75 Å². The van der Waals surface area contributed by atoms with Gasteiger partial charge in [0.15, 0.2) is 12.0 Å². The van der Waals surface area contributed by atoms with Gasteiger partial charge in [-0.05, 0) is 17.7 Å². The molecule has 0 aliphatic heterocycles. The van der Waals surface area contributed by atoms with Crippen LogP contribution >= 0.6 is 0 Å². The van der Waals surface area contributed by atoms with Gasteiger partial charge < -0.3 is 9.63 Å². The number of aldehydes is 1. The highest BCUT2D eigenvalue weighted by atomic mass is 16.5. The minimum atomic E-state index is 0.215. The van der Waals surface area contributed by atoms with Crippen molar-refractivity contribution in [3.63, 3.8) is 0 Å². The summed E-state index contributed by atoms with van der Waals surface area (Å²) in [4.78, 5) is 10.6. The van der Waals surface area contributed by atoms with Gasteiger partial charge in [0.05, 0.1) is 11.8 Å². The molecule has 0 amide bonds. The standard InChI is InChI=1S/C11H9NO3/c13-7-9-6-12-15-11(9)5-8-1-3-10(14)4-2-8/h1-4,6-7,14H,5H2. The van der Waals surface area contributed by atoms with Crippen LogP contribution in [0.5, 0.6) is 5.75 Å². The number of phenolic OH excluding ortho intramolecular Hbond substituents is 1. The van der Waals surface area contributed by atoms with Crippen LogP contribution in [0.2, 0.25) is 0 Å². The molecule has 1 aromatic heterocycles. The Morgan fingerprint density at radius 2 is 2.07 bits per heavy atom. The quantitative estimate of drug-likeness (QED) is 0.772. The van der Waals surface area contributed by atoms with E-state index in [2.05, 4.69) is 5.16 Å². The van der Waals surface area contributed by atoms with Gasteiger partial charge in [0.2, 0.25) is 0 Å². The lowest BCUT2D eigenvalue weighted by atomic mass is 10.1. The van der Waals surface area contributed by atoms with Crippen molar-refractivity contribution in [3.8, 4) is 5.75 Å². The first kappa shape index (κ1) is 9.45.